The molecule has 3 heteroatoms. The first-order chi connectivity index (χ1) is 8.62. The van der Waals surface area contributed by atoms with Crippen LogP contribution in [0, 0.1) is 0 Å². The molecule has 3 rings (SSSR count). The predicted molar refractivity (Wildman–Crippen MR) is 70.7 cm³/mol. The van der Waals surface area contributed by atoms with Crippen molar-refractivity contribution in [3.8, 4) is 5.75 Å². The Morgan fingerprint density at radius 2 is 1.94 bits per heavy atom. The second-order valence-electron chi connectivity index (χ2n) is 5.72. The lowest BCUT2D eigenvalue weighted by atomic mass is 9.81. The van der Waals surface area contributed by atoms with Gasteiger partial charge in [0.25, 0.3) is 0 Å². The molecular formula is C15H21NO2. The highest BCUT2D eigenvalue weighted by molar-refractivity contribution is 5.33. The average Bonchev–Trinajstić information content (AvgIpc) is 2.63. The molecular weight excluding hydrogens is 226 g/mol. The Hall–Kier alpha value is -1.06. The number of benzene rings is 1. The fraction of sp³-hybridized carbons (Fsp3) is 0.600. The highest BCUT2D eigenvalue weighted by Crippen LogP contribution is 2.45. The summed E-state index contributed by atoms with van der Waals surface area (Å²) in [6, 6.07) is 8.95. The number of hydrogen-bond acceptors (Lipinski definition) is 3. The maximum atomic E-state index is 11.0. The zero-order valence-electron chi connectivity index (χ0n) is 11.1. The molecule has 3 nitrogen and oxygen atoms in total. The van der Waals surface area contributed by atoms with Gasteiger partial charge in [-0.3, -0.25) is 0 Å². The Kier molecular flexibility index (Phi) is 2.83. The van der Waals surface area contributed by atoms with Crippen LogP contribution in [0.15, 0.2) is 24.3 Å². The van der Waals surface area contributed by atoms with E-state index in [2.05, 4.69) is 11.9 Å². The zero-order chi connectivity index (χ0) is 12.8. The molecule has 1 aromatic rings. The molecule has 2 aliphatic heterocycles. The predicted octanol–water partition coefficient (Wildman–Crippen LogP) is 2.14. The molecule has 1 unspecified atom stereocenters. The number of rotatable bonds is 2. The first-order valence-corrected chi connectivity index (χ1v) is 6.71. The van der Waals surface area contributed by atoms with Crippen molar-refractivity contribution >= 4 is 0 Å². The summed E-state index contributed by atoms with van der Waals surface area (Å²) in [5, 5.41) is 11.0. The molecule has 1 aromatic carbocycles. The number of hydrogen-bond donors (Lipinski definition) is 1. The molecule has 0 aliphatic carbocycles. The highest BCUT2D eigenvalue weighted by atomic mass is 16.5. The molecule has 3 atom stereocenters. The number of fused-ring (bicyclic) bond motifs is 2. The number of aliphatic hydroxyl groups is 1. The molecule has 2 heterocycles. The first kappa shape index (κ1) is 12.0. The topological polar surface area (TPSA) is 32.7 Å². The van der Waals surface area contributed by atoms with Crippen molar-refractivity contribution in [2.75, 3.05) is 14.2 Å². The lowest BCUT2D eigenvalue weighted by Gasteiger charge is -2.42. The summed E-state index contributed by atoms with van der Waals surface area (Å²) in [6.07, 6.45) is 4.11. The molecule has 18 heavy (non-hydrogen) atoms. The minimum Gasteiger partial charge on any atom is -0.497 e. The average molecular weight is 247 g/mol. The third-order valence-corrected chi connectivity index (χ3v) is 4.74. The third-order valence-electron chi connectivity index (χ3n) is 4.74. The molecule has 1 N–H and O–H groups in total. The van der Waals surface area contributed by atoms with Crippen LogP contribution in [0.25, 0.3) is 0 Å². The minimum absolute atomic E-state index is 0.528. The van der Waals surface area contributed by atoms with E-state index in [9.17, 15) is 5.11 Å². The molecule has 0 amide bonds. The summed E-state index contributed by atoms with van der Waals surface area (Å²) in [5.74, 6) is 0.826. The van der Waals surface area contributed by atoms with Crippen LogP contribution in [0.1, 0.15) is 31.2 Å². The largest absolute Gasteiger partial charge is 0.497 e. The van der Waals surface area contributed by atoms with E-state index in [1.54, 1.807) is 7.11 Å². The number of nitrogens with zero attached hydrogens (tertiary/aromatic N) is 1. The first-order valence-electron chi connectivity index (χ1n) is 6.71. The van der Waals surface area contributed by atoms with E-state index >= 15 is 0 Å². The molecule has 98 valence electrons. The van der Waals surface area contributed by atoms with Crippen LogP contribution in [0.3, 0.4) is 0 Å². The van der Waals surface area contributed by atoms with Crippen LogP contribution < -0.4 is 4.74 Å². The van der Waals surface area contributed by atoms with Gasteiger partial charge >= 0.3 is 0 Å². The summed E-state index contributed by atoms with van der Waals surface area (Å²) >= 11 is 0. The van der Waals surface area contributed by atoms with Gasteiger partial charge in [0.2, 0.25) is 0 Å². The molecule has 0 spiro atoms. The SMILES string of the molecule is COc1cccc(C2(O)C[C@H]3CC[C@@H](C2)N3C)c1. The van der Waals surface area contributed by atoms with Crippen molar-refractivity contribution in [1.29, 1.82) is 0 Å². The van der Waals surface area contributed by atoms with Gasteiger partial charge in [-0.05, 0) is 50.4 Å². The maximum absolute atomic E-state index is 11.0. The second-order valence-corrected chi connectivity index (χ2v) is 5.72. The zero-order valence-corrected chi connectivity index (χ0v) is 11.1. The van der Waals surface area contributed by atoms with Crippen molar-refractivity contribution in [2.45, 2.75) is 43.4 Å². The Balaban J connectivity index is 1.91. The van der Waals surface area contributed by atoms with E-state index in [-0.39, 0.29) is 0 Å². The fourth-order valence-electron chi connectivity index (χ4n) is 3.59. The van der Waals surface area contributed by atoms with E-state index in [0.29, 0.717) is 12.1 Å². The molecule has 2 bridgehead atoms. The smallest absolute Gasteiger partial charge is 0.119 e. The third kappa shape index (κ3) is 1.82. The number of piperidine rings is 1. The Morgan fingerprint density at radius 3 is 2.56 bits per heavy atom. The van der Waals surface area contributed by atoms with Gasteiger partial charge in [-0.15, -0.1) is 0 Å². The number of methoxy groups -OCH3 is 1. The van der Waals surface area contributed by atoms with E-state index in [4.69, 9.17) is 4.74 Å². The van der Waals surface area contributed by atoms with Gasteiger partial charge in [-0.2, -0.15) is 0 Å². The fourth-order valence-corrected chi connectivity index (χ4v) is 3.59. The quantitative estimate of drug-likeness (QED) is 0.869. The van der Waals surface area contributed by atoms with Gasteiger partial charge in [0, 0.05) is 12.1 Å². The van der Waals surface area contributed by atoms with E-state index in [0.717, 1.165) is 24.2 Å². The molecule has 2 aliphatic rings. The lowest BCUT2D eigenvalue weighted by molar-refractivity contribution is -0.0494. The summed E-state index contributed by atoms with van der Waals surface area (Å²) in [4.78, 5) is 2.44. The van der Waals surface area contributed by atoms with E-state index in [1.807, 2.05) is 24.3 Å². The summed E-state index contributed by atoms with van der Waals surface area (Å²) in [5.41, 5.74) is 0.333. The van der Waals surface area contributed by atoms with Crippen LogP contribution >= 0.6 is 0 Å². The van der Waals surface area contributed by atoms with Crippen LogP contribution in [-0.4, -0.2) is 36.2 Å². The van der Waals surface area contributed by atoms with Crippen molar-refractivity contribution in [2.24, 2.45) is 0 Å². The van der Waals surface area contributed by atoms with Gasteiger partial charge in [-0.1, -0.05) is 12.1 Å². The van der Waals surface area contributed by atoms with Crippen molar-refractivity contribution < 1.29 is 9.84 Å². The summed E-state index contributed by atoms with van der Waals surface area (Å²) < 4.78 is 5.26. The lowest BCUT2D eigenvalue weighted by Crippen LogP contribution is -2.47. The van der Waals surface area contributed by atoms with Crippen LogP contribution in [0.4, 0.5) is 0 Å². The second kappa shape index (κ2) is 4.25. The number of ether oxygens (including phenoxy) is 1. The molecule has 0 radical (unpaired) electrons. The Morgan fingerprint density at radius 1 is 1.28 bits per heavy atom. The van der Waals surface area contributed by atoms with Gasteiger partial charge in [-0.25, -0.2) is 0 Å². The van der Waals surface area contributed by atoms with Gasteiger partial charge in [0.1, 0.15) is 5.75 Å². The Bertz CT molecular complexity index is 432. The van der Waals surface area contributed by atoms with Crippen LogP contribution in [-0.2, 0) is 5.60 Å². The molecule has 0 saturated carbocycles. The van der Waals surface area contributed by atoms with Crippen LogP contribution in [0.2, 0.25) is 0 Å². The maximum Gasteiger partial charge on any atom is 0.119 e. The van der Waals surface area contributed by atoms with E-state index in [1.165, 1.54) is 12.8 Å². The van der Waals surface area contributed by atoms with Crippen molar-refractivity contribution in [1.82, 2.24) is 4.90 Å². The standard InChI is InChI=1S/C15H21NO2/c1-16-12-6-7-13(16)10-15(17,9-12)11-4-3-5-14(8-11)18-2/h3-5,8,12-13,17H,6-7,9-10H2,1-2H3/t12-,13+,15?. The Labute approximate surface area is 108 Å². The van der Waals surface area contributed by atoms with Crippen molar-refractivity contribution in [3.05, 3.63) is 29.8 Å². The normalized spacial score (nSPS) is 35.7. The van der Waals surface area contributed by atoms with Gasteiger partial charge < -0.3 is 14.7 Å². The molecule has 2 fully saturated rings. The van der Waals surface area contributed by atoms with Crippen molar-refractivity contribution in [3.63, 3.8) is 0 Å². The molecule has 2 saturated heterocycles. The highest BCUT2D eigenvalue weighted by Gasteiger charge is 2.46. The van der Waals surface area contributed by atoms with Gasteiger partial charge in [0.05, 0.1) is 12.7 Å². The van der Waals surface area contributed by atoms with Crippen LogP contribution in [0.5, 0.6) is 5.75 Å². The minimum atomic E-state index is -0.674. The summed E-state index contributed by atoms with van der Waals surface area (Å²) in [7, 11) is 3.86. The van der Waals surface area contributed by atoms with E-state index < -0.39 is 5.60 Å². The van der Waals surface area contributed by atoms with Gasteiger partial charge in [0.15, 0.2) is 0 Å². The summed E-state index contributed by atoms with van der Waals surface area (Å²) in [6.45, 7) is 0. The monoisotopic (exact) mass is 247 g/mol. The molecule has 0 aromatic heterocycles.